The molecule has 0 aliphatic carbocycles. The van der Waals surface area contributed by atoms with Crippen molar-refractivity contribution >= 4 is 10.0 Å². The van der Waals surface area contributed by atoms with Crippen molar-refractivity contribution in [2.75, 3.05) is 20.3 Å². The SMILES string of the molecule is COCCCNS(=O)(=O)c1c[nH]c(CO)c1. The van der Waals surface area contributed by atoms with Crippen molar-refractivity contribution in [2.45, 2.75) is 17.9 Å². The number of H-pyrrole nitrogens is 1. The van der Waals surface area contributed by atoms with E-state index in [1.807, 2.05) is 0 Å². The van der Waals surface area contributed by atoms with Crippen LogP contribution < -0.4 is 4.72 Å². The highest BCUT2D eigenvalue weighted by Gasteiger charge is 2.14. The number of rotatable bonds is 7. The van der Waals surface area contributed by atoms with Gasteiger partial charge in [-0.1, -0.05) is 0 Å². The molecule has 0 fully saturated rings. The molecule has 0 saturated heterocycles. The Morgan fingerprint density at radius 1 is 1.56 bits per heavy atom. The minimum Gasteiger partial charge on any atom is -0.390 e. The number of aromatic nitrogens is 1. The lowest BCUT2D eigenvalue weighted by molar-refractivity contribution is 0.196. The highest BCUT2D eigenvalue weighted by molar-refractivity contribution is 7.89. The summed E-state index contributed by atoms with van der Waals surface area (Å²) in [6, 6.07) is 1.40. The largest absolute Gasteiger partial charge is 0.390 e. The molecule has 0 aromatic carbocycles. The molecule has 16 heavy (non-hydrogen) atoms. The molecule has 0 atom stereocenters. The van der Waals surface area contributed by atoms with Crippen molar-refractivity contribution < 1.29 is 18.3 Å². The van der Waals surface area contributed by atoms with Crippen LogP contribution in [0.15, 0.2) is 17.2 Å². The Hall–Kier alpha value is -0.890. The first-order valence-corrected chi connectivity index (χ1v) is 6.35. The van der Waals surface area contributed by atoms with E-state index >= 15 is 0 Å². The summed E-state index contributed by atoms with van der Waals surface area (Å²) in [5.41, 5.74) is 0.470. The molecule has 0 amide bonds. The zero-order valence-corrected chi connectivity index (χ0v) is 9.88. The fourth-order valence-corrected chi connectivity index (χ4v) is 2.26. The second-order valence-corrected chi connectivity index (χ2v) is 5.03. The van der Waals surface area contributed by atoms with Crippen molar-refractivity contribution in [3.05, 3.63) is 18.0 Å². The molecule has 0 unspecified atom stereocenters. The van der Waals surface area contributed by atoms with Gasteiger partial charge in [-0.3, -0.25) is 0 Å². The molecule has 1 aromatic rings. The fourth-order valence-electron chi connectivity index (χ4n) is 1.17. The van der Waals surface area contributed by atoms with Gasteiger partial charge in [0.05, 0.1) is 11.5 Å². The van der Waals surface area contributed by atoms with Gasteiger partial charge >= 0.3 is 0 Å². The second kappa shape index (κ2) is 6.00. The summed E-state index contributed by atoms with van der Waals surface area (Å²) < 4.78 is 30.6. The molecule has 1 rings (SSSR count). The molecule has 0 spiro atoms. The summed E-state index contributed by atoms with van der Waals surface area (Å²) >= 11 is 0. The zero-order valence-electron chi connectivity index (χ0n) is 9.06. The van der Waals surface area contributed by atoms with Crippen molar-refractivity contribution in [1.29, 1.82) is 0 Å². The number of nitrogens with one attached hydrogen (secondary N) is 2. The van der Waals surface area contributed by atoms with Gasteiger partial charge < -0.3 is 14.8 Å². The Balaban J connectivity index is 2.56. The molecule has 0 aliphatic heterocycles. The minimum atomic E-state index is -3.48. The summed E-state index contributed by atoms with van der Waals surface area (Å²) in [6.45, 7) is 0.632. The van der Waals surface area contributed by atoms with Crippen molar-refractivity contribution in [1.82, 2.24) is 9.71 Å². The Bertz CT molecular complexity index is 413. The summed E-state index contributed by atoms with van der Waals surface area (Å²) in [7, 11) is -1.91. The van der Waals surface area contributed by atoms with Crippen LogP contribution in [-0.2, 0) is 21.4 Å². The number of sulfonamides is 1. The first-order chi connectivity index (χ1) is 7.60. The van der Waals surface area contributed by atoms with E-state index in [-0.39, 0.29) is 11.5 Å². The summed E-state index contributed by atoms with van der Waals surface area (Å²) in [5, 5.41) is 8.80. The van der Waals surface area contributed by atoms with Gasteiger partial charge in [-0.2, -0.15) is 0 Å². The van der Waals surface area contributed by atoms with Gasteiger partial charge in [-0.05, 0) is 12.5 Å². The van der Waals surface area contributed by atoms with E-state index in [2.05, 4.69) is 9.71 Å². The van der Waals surface area contributed by atoms with E-state index < -0.39 is 10.0 Å². The van der Waals surface area contributed by atoms with Gasteiger partial charge in [0.15, 0.2) is 0 Å². The number of aliphatic hydroxyl groups excluding tert-OH is 1. The third kappa shape index (κ3) is 3.60. The van der Waals surface area contributed by atoms with Crippen LogP contribution in [0.5, 0.6) is 0 Å². The molecule has 6 nitrogen and oxygen atoms in total. The van der Waals surface area contributed by atoms with E-state index in [0.29, 0.717) is 25.3 Å². The lowest BCUT2D eigenvalue weighted by Gasteiger charge is -2.03. The van der Waals surface area contributed by atoms with Crippen LogP contribution in [0.3, 0.4) is 0 Å². The smallest absolute Gasteiger partial charge is 0.242 e. The lowest BCUT2D eigenvalue weighted by Crippen LogP contribution is -2.25. The normalized spacial score (nSPS) is 11.9. The van der Waals surface area contributed by atoms with Crippen LogP contribution in [0.2, 0.25) is 0 Å². The first kappa shape index (κ1) is 13.2. The molecule has 0 bridgehead atoms. The monoisotopic (exact) mass is 248 g/mol. The minimum absolute atomic E-state index is 0.133. The average molecular weight is 248 g/mol. The summed E-state index contributed by atoms with van der Waals surface area (Å²) in [6.07, 6.45) is 1.97. The second-order valence-electron chi connectivity index (χ2n) is 3.26. The van der Waals surface area contributed by atoms with Crippen LogP contribution in [0, 0.1) is 0 Å². The van der Waals surface area contributed by atoms with Crippen LogP contribution in [0.1, 0.15) is 12.1 Å². The molecular formula is C9H16N2O4S. The maximum atomic E-state index is 11.7. The molecule has 1 heterocycles. The molecular weight excluding hydrogens is 232 g/mol. The molecule has 0 aliphatic rings. The maximum absolute atomic E-state index is 11.7. The number of hydrogen-bond donors (Lipinski definition) is 3. The van der Waals surface area contributed by atoms with Crippen LogP contribution in [-0.4, -0.2) is 38.8 Å². The van der Waals surface area contributed by atoms with E-state index in [1.54, 1.807) is 7.11 Å². The molecule has 3 N–H and O–H groups in total. The third-order valence-corrected chi connectivity index (χ3v) is 3.45. The number of ether oxygens (including phenoxy) is 1. The highest BCUT2D eigenvalue weighted by atomic mass is 32.2. The van der Waals surface area contributed by atoms with Crippen LogP contribution in [0.4, 0.5) is 0 Å². The van der Waals surface area contributed by atoms with Crippen molar-refractivity contribution in [2.24, 2.45) is 0 Å². The Morgan fingerprint density at radius 3 is 2.88 bits per heavy atom. The van der Waals surface area contributed by atoms with E-state index in [0.717, 1.165) is 0 Å². The maximum Gasteiger partial charge on any atom is 0.242 e. The van der Waals surface area contributed by atoms with E-state index in [4.69, 9.17) is 9.84 Å². The van der Waals surface area contributed by atoms with E-state index in [9.17, 15) is 8.42 Å². The number of aliphatic hydroxyl groups is 1. The zero-order chi connectivity index (χ0) is 12.0. The Kier molecular flexibility index (Phi) is 4.94. The standard InChI is InChI=1S/C9H16N2O4S/c1-15-4-2-3-11-16(13,14)9-5-8(7-12)10-6-9/h5-6,10-12H,2-4,7H2,1H3. The van der Waals surface area contributed by atoms with Crippen molar-refractivity contribution in [3.63, 3.8) is 0 Å². The van der Waals surface area contributed by atoms with E-state index in [1.165, 1.54) is 12.3 Å². The molecule has 0 radical (unpaired) electrons. The van der Waals surface area contributed by atoms with Crippen molar-refractivity contribution in [3.8, 4) is 0 Å². The number of hydrogen-bond acceptors (Lipinski definition) is 4. The first-order valence-electron chi connectivity index (χ1n) is 4.87. The molecule has 7 heteroatoms. The van der Waals surface area contributed by atoms with Gasteiger partial charge in [0.2, 0.25) is 10.0 Å². The van der Waals surface area contributed by atoms with Gasteiger partial charge in [0, 0.05) is 32.2 Å². The predicted octanol–water partition coefficient (Wildman–Crippen LogP) is -0.178. The predicted molar refractivity (Wildman–Crippen MR) is 58.4 cm³/mol. The van der Waals surface area contributed by atoms with Crippen LogP contribution in [0.25, 0.3) is 0 Å². The third-order valence-electron chi connectivity index (χ3n) is 2.01. The topological polar surface area (TPSA) is 91.4 Å². The van der Waals surface area contributed by atoms with Gasteiger partial charge in [-0.15, -0.1) is 0 Å². The quantitative estimate of drug-likeness (QED) is 0.584. The Labute approximate surface area is 94.7 Å². The lowest BCUT2D eigenvalue weighted by atomic mass is 10.5. The summed E-state index contributed by atoms with van der Waals surface area (Å²) in [4.78, 5) is 2.80. The Morgan fingerprint density at radius 2 is 2.31 bits per heavy atom. The van der Waals surface area contributed by atoms with Gasteiger partial charge in [0.25, 0.3) is 0 Å². The van der Waals surface area contributed by atoms with Gasteiger partial charge in [-0.25, -0.2) is 13.1 Å². The number of methoxy groups -OCH3 is 1. The summed E-state index contributed by atoms with van der Waals surface area (Å²) in [5.74, 6) is 0. The van der Waals surface area contributed by atoms with Gasteiger partial charge in [0.1, 0.15) is 0 Å². The fraction of sp³-hybridized carbons (Fsp3) is 0.556. The molecule has 0 saturated carbocycles. The average Bonchev–Trinajstić information content (AvgIpc) is 2.73. The highest BCUT2D eigenvalue weighted by Crippen LogP contribution is 2.10. The van der Waals surface area contributed by atoms with Crippen LogP contribution >= 0.6 is 0 Å². The number of aromatic amines is 1. The molecule has 92 valence electrons. The molecule has 1 aromatic heterocycles.